The minimum Gasteiger partial charge on any atom is -0.291 e. The molecule has 0 aromatic carbocycles. The number of hydrogen-bond donors (Lipinski definition) is 0. The van der Waals surface area contributed by atoms with Gasteiger partial charge in [-0.15, -0.1) is 0 Å². The lowest BCUT2D eigenvalue weighted by atomic mass is 9.45. The molecule has 0 aromatic rings. The molecule has 1 heterocycles. The average Bonchev–Trinajstić information content (AvgIpc) is 2.38. The monoisotopic (exact) mass is 258 g/mol. The van der Waals surface area contributed by atoms with Crippen molar-refractivity contribution in [2.24, 2.45) is 29.1 Å². The van der Waals surface area contributed by atoms with E-state index in [2.05, 4.69) is 11.0 Å². The summed E-state index contributed by atoms with van der Waals surface area (Å²) in [6.45, 7) is 3.01. The maximum Gasteiger partial charge on any atom is 0.0865 e. The highest BCUT2D eigenvalue weighted by Crippen LogP contribution is 2.64. The van der Waals surface area contributed by atoms with Crippen molar-refractivity contribution < 1.29 is 0 Å². The van der Waals surface area contributed by atoms with Crippen molar-refractivity contribution in [1.82, 2.24) is 4.90 Å². The summed E-state index contributed by atoms with van der Waals surface area (Å²) in [5.74, 6) is 4.24. The maximum absolute atomic E-state index is 8.82. The zero-order valence-corrected chi connectivity index (χ0v) is 12.0. The van der Waals surface area contributed by atoms with Gasteiger partial charge in [0.15, 0.2) is 0 Å². The van der Waals surface area contributed by atoms with E-state index < -0.39 is 0 Å². The Morgan fingerprint density at radius 1 is 0.947 bits per heavy atom. The van der Waals surface area contributed by atoms with Gasteiger partial charge in [0, 0.05) is 0 Å². The largest absolute Gasteiger partial charge is 0.291 e. The van der Waals surface area contributed by atoms with Crippen LogP contribution in [0.5, 0.6) is 0 Å². The van der Waals surface area contributed by atoms with E-state index in [0.717, 1.165) is 29.1 Å². The Hall–Kier alpha value is -0.550. The highest BCUT2D eigenvalue weighted by atomic mass is 15.1. The molecule has 2 nitrogen and oxygen atoms in total. The van der Waals surface area contributed by atoms with Crippen LogP contribution in [-0.2, 0) is 0 Å². The lowest BCUT2D eigenvalue weighted by molar-refractivity contribution is -0.0990. The van der Waals surface area contributed by atoms with Crippen LogP contribution in [0.2, 0.25) is 0 Å². The van der Waals surface area contributed by atoms with Crippen LogP contribution in [0.3, 0.4) is 0 Å². The molecule has 0 radical (unpaired) electrons. The molecule has 4 bridgehead atoms. The number of nitriles is 1. The van der Waals surface area contributed by atoms with Gasteiger partial charge in [-0.2, -0.15) is 5.26 Å². The van der Waals surface area contributed by atoms with Crippen molar-refractivity contribution in [2.75, 3.05) is 19.6 Å². The first-order valence-electron chi connectivity index (χ1n) is 8.37. The number of piperidine rings is 1. The second-order valence-corrected chi connectivity index (χ2v) is 7.99. The highest BCUT2D eigenvalue weighted by Gasteiger charge is 2.54. The second-order valence-electron chi connectivity index (χ2n) is 7.99. The van der Waals surface area contributed by atoms with Gasteiger partial charge in [0.05, 0.1) is 12.6 Å². The Labute approximate surface area is 117 Å². The molecule has 0 amide bonds. The molecule has 5 fully saturated rings. The zero-order valence-electron chi connectivity index (χ0n) is 12.0. The molecule has 1 aliphatic heterocycles. The predicted molar refractivity (Wildman–Crippen MR) is 75.4 cm³/mol. The predicted octanol–water partition coefficient (Wildman–Crippen LogP) is 3.44. The molecule has 0 atom stereocenters. The van der Waals surface area contributed by atoms with Gasteiger partial charge in [-0.25, -0.2) is 0 Å². The van der Waals surface area contributed by atoms with E-state index in [4.69, 9.17) is 5.26 Å². The third-order valence-electron chi connectivity index (χ3n) is 6.83. The van der Waals surface area contributed by atoms with Crippen LogP contribution in [0.15, 0.2) is 0 Å². The first-order chi connectivity index (χ1) is 9.27. The van der Waals surface area contributed by atoms with Crippen molar-refractivity contribution in [3.05, 3.63) is 0 Å². The number of rotatable bonds is 2. The van der Waals surface area contributed by atoms with Gasteiger partial charge < -0.3 is 0 Å². The van der Waals surface area contributed by atoms with Crippen molar-refractivity contribution in [3.63, 3.8) is 0 Å². The van der Waals surface area contributed by atoms with Crippen LogP contribution in [0, 0.1) is 40.4 Å². The van der Waals surface area contributed by atoms with Crippen LogP contribution < -0.4 is 0 Å². The van der Waals surface area contributed by atoms with E-state index >= 15 is 0 Å². The summed E-state index contributed by atoms with van der Waals surface area (Å²) in [5, 5.41) is 8.82. The van der Waals surface area contributed by atoms with Gasteiger partial charge in [-0.3, -0.25) is 4.90 Å². The average molecular weight is 258 g/mol. The highest BCUT2D eigenvalue weighted by molar-refractivity contribution is 5.04. The van der Waals surface area contributed by atoms with Crippen LogP contribution in [0.1, 0.15) is 51.4 Å². The molecule has 1 saturated heterocycles. The number of hydrogen-bond acceptors (Lipinski definition) is 2. The van der Waals surface area contributed by atoms with Crippen LogP contribution in [0.4, 0.5) is 0 Å². The molecule has 0 aromatic heterocycles. The fourth-order valence-electron chi connectivity index (χ4n) is 6.48. The molecule has 5 aliphatic rings. The Morgan fingerprint density at radius 2 is 1.47 bits per heavy atom. The van der Waals surface area contributed by atoms with Gasteiger partial charge in [-0.1, -0.05) is 0 Å². The van der Waals surface area contributed by atoms with Gasteiger partial charge in [0.25, 0.3) is 0 Å². The van der Waals surface area contributed by atoms with Gasteiger partial charge in [-0.05, 0) is 93.5 Å². The van der Waals surface area contributed by atoms with E-state index in [1.165, 1.54) is 25.9 Å². The smallest absolute Gasteiger partial charge is 0.0865 e. The lowest BCUT2D eigenvalue weighted by Crippen LogP contribution is -2.51. The van der Waals surface area contributed by atoms with Crippen molar-refractivity contribution in [2.45, 2.75) is 51.4 Å². The van der Waals surface area contributed by atoms with Gasteiger partial charge in [0.1, 0.15) is 0 Å². The molecule has 0 unspecified atom stereocenters. The quantitative estimate of drug-likeness (QED) is 0.709. The SMILES string of the molecule is N#CCN1CCC(C23CC4CC(CC(C4)C2)C3)CC1. The molecule has 2 heteroatoms. The number of nitrogens with zero attached hydrogens (tertiary/aromatic N) is 2. The summed E-state index contributed by atoms with van der Waals surface area (Å²) in [4.78, 5) is 2.36. The molecule has 4 aliphatic carbocycles. The van der Waals surface area contributed by atoms with Gasteiger partial charge in [0.2, 0.25) is 0 Å². The van der Waals surface area contributed by atoms with Crippen molar-refractivity contribution in [1.29, 1.82) is 5.26 Å². The molecular weight excluding hydrogens is 232 g/mol. The van der Waals surface area contributed by atoms with E-state index in [9.17, 15) is 0 Å². The number of likely N-dealkylation sites (tertiary alicyclic amines) is 1. The molecule has 104 valence electrons. The minimum atomic E-state index is 0.646. The normalized spacial score (nSPS) is 46.4. The zero-order chi connectivity index (χ0) is 12.9. The van der Waals surface area contributed by atoms with E-state index in [0.29, 0.717) is 6.54 Å². The summed E-state index contributed by atoms with van der Waals surface area (Å²) < 4.78 is 0. The Kier molecular flexibility index (Phi) is 2.88. The summed E-state index contributed by atoms with van der Waals surface area (Å²) in [5.41, 5.74) is 0.744. The van der Waals surface area contributed by atoms with E-state index in [1.807, 2.05) is 0 Å². The standard InChI is InChI=1S/C17H26N2/c18-3-6-19-4-1-16(2-5-19)17-10-13-7-14(11-17)9-15(8-13)12-17/h13-16H,1-2,4-12H2. The molecule has 5 rings (SSSR count). The van der Waals surface area contributed by atoms with Gasteiger partial charge >= 0.3 is 0 Å². The lowest BCUT2D eigenvalue weighted by Gasteiger charge is -2.60. The van der Waals surface area contributed by atoms with E-state index in [1.54, 1.807) is 38.5 Å². The van der Waals surface area contributed by atoms with Crippen LogP contribution in [-0.4, -0.2) is 24.5 Å². The Morgan fingerprint density at radius 3 is 1.95 bits per heavy atom. The Bertz CT molecular complexity index is 351. The van der Waals surface area contributed by atoms with Crippen LogP contribution in [0.25, 0.3) is 0 Å². The molecular formula is C17H26N2. The fourth-order valence-corrected chi connectivity index (χ4v) is 6.48. The maximum atomic E-state index is 8.82. The molecule has 4 saturated carbocycles. The fraction of sp³-hybridized carbons (Fsp3) is 0.941. The summed E-state index contributed by atoms with van der Waals surface area (Å²) in [6.07, 6.45) is 12.1. The first kappa shape index (κ1) is 12.2. The molecule has 0 spiro atoms. The second kappa shape index (κ2) is 4.48. The van der Waals surface area contributed by atoms with Crippen molar-refractivity contribution >= 4 is 0 Å². The summed E-state index contributed by atoms with van der Waals surface area (Å²) in [7, 11) is 0. The summed E-state index contributed by atoms with van der Waals surface area (Å²) in [6, 6.07) is 2.31. The third kappa shape index (κ3) is 2.02. The molecule has 19 heavy (non-hydrogen) atoms. The topological polar surface area (TPSA) is 27.0 Å². The minimum absolute atomic E-state index is 0.646. The Balaban J connectivity index is 1.46. The van der Waals surface area contributed by atoms with E-state index in [-0.39, 0.29) is 0 Å². The third-order valence-corrected chi connectivity index (χ3v) is 6.83. The van der Waals surface area contributed by atoms with Crippen LogP contribution >= 0.6 is 0 Å². The molecule has 0 N–H and O–H groups in total. The first-order valence-corrected chi connectivity index (χ1v) is 8.37. The van der Waals surface area contributed by atoms with Crippen molar-refractivity contribution in [3.8, 4) is 6.07 Å². The summed E-state index contributed by atoms with van der Waals surface area (Å²) >= 11 is 0.